The highest BCUT2D eigenvalue weighted by atomic mass is 19.4. The maximum atomic E-state index is 12.6. The van der Waals surface area contributed by atoms with Gasteiger partial charge in [0.15, 0.2) is 5.69 Å². The zero-order chi connectivity index (χ0) is 16.8. The number of fused-ring (bicyclic) bond motifs is 1. The van der Waals surface area contributed by atoms with Crippen molar-refractivity contribution < 1.29 is 23.1 Å². The third kappa shape index (κ3) is 2.65. The third-order valence-corrected chi connectivity index (χ3v) is 3.55. The molecule has 7 heteroatoms. The van der Waals surface area contributed by atoms with E-state index in [1.807, 2.05) is 0 Å². The lowest BCUT2D eigenvalue weighted by molar-refractivity contribution is -0.137. The molecule has 1 aromatic carbocycles. The maximum Gasteiger partial charge on any atom is 0.416 e. The molecular formula is C16H11F3N2O2. The number of carboxylic acids is 1. The number of imidazole rings is 1. The van der Waals surface area contributed by atoms with Crippen LogP contribution in [0.2, 0.25) is 0 Å². The molecule has 4 nitrogen and oxygen atoms in total. The highest BCUT2D eigenvalue weighted by Gasteiger charge is 2.30. The van der Waals surface area contributed by atoms with Crippen LogP contribution in [0.4, 0.5) is 13.2 Å². The van der Waals surface area contributed by atoms with E-state index in [4.69, 9.17) is 5.11 Å². The zero-order valence-electron chi connectivity index (χ0n) is 11.9. The highest BCUT2D eigenvalue weighted by Crippen LogP contribution is 2.31. The Labute approximate surface area is 128 Å². The van der Waals surface area contributed by atoms with Gasteiger partial charge >= 0.3 is 12.1 Å². The number of benzene rings is 1. The highest BCUT2D eigenvalue weighted by molar-refractivity contribution is 5.87. The summed E-state index contributed by atoms with van der Waals surface area (Å²) in [7, 11) is 0. The SMILES string of the molecule is Cc1cc(-c2ccc(C(F)(F)F)cc2)cn2c(C(=O)O)cnc12. The van der Waals surface area contributed by atoms with Crippen molar-refractivity contribution in [2.45, 2.75) is 13.1 Å². The van der Waals surface area contributed by atoms with E-state index in [1.54, 1.807) is 19.2 Å². The molecule has 0 unspecified atom stereocenters. The summed E-state index contributed by atoms with van der Waals surface area (Å²) in [6.07, 6.45) is -1.58. The average molecular weight is 320 g/mol. The van der Waals surface area contributed by atoms with E-state index in [2.05, 4.69) is 4.98 Å². The summed E-state index contributed by atoms with van der Waals surface area (Å²) in [5, 5.41) is 9.16. The number of rotatable bonds is 2. The number of halogens is 3. The Morgan fingerprint density at radius 1 is 1.17 bits per heavy atom. The first-order valence-electron chi connectivity index (χ1n) is 6.66. The van der Waals surface area contributed by atoms with Crippen molar-refractivity contribution >= 4 is 11.6 Å². The second-order valence-corrected chi connectivity index (χ2v) is 5.13. The fourth-order valence-electron chi connectivity index (χ4n) is 2.43. The van der Waals surface area contributed by atoms with E-state index in [1.165, 1.54) is 22.7 Å². The van der Waals surface area contributed by atoms with Crippen LogP contribution < -0.4 is 0 Å². The Kier molecular flexibility index (Phi) is 3.35. The number of nitrogens with zero attached hydrogens (tertiary/aromatic N) is 2. The summed E-state index contributed by atoms with van der Waals surface area (Å²) in [6, 6.07) is 6.49. The predicted octanol–water partition coefficient (Wildman–Crippen LogP) is 4.03. The Hall–Kier alpha value is -2.83. The Bertz CT molecular complexity index is 896. The molecule has 23 heavy (non-hydrogen) atoms. The predicted molar refractivity (Wildman–Crippen MR) is 77.3 cm³/mol. The van der Waals surface area contributed by atoms with Gasteiger partial charge in [-0.25, -0.2) is 9.78 Å². The van der Waals surface area contributed by atoms with E-state index < -0.39 is 17.7 Å². The van der Waals surface area contributed by atoms with Gasteiger partial charge in [0.05, 0.1) is 11.8 Å². The molecule has 0 aliphatic carbocycles. The van der Waals surface area contributed by atoms with Crippen LogP contribution in [0.15, 0.2) is 42.7 Å². The molecule has 2 aromatic heterocycles. The van der Waals surface area contributed by atoms with Crippen LogP contribution in [0.5, 0.6) is 0 Å². The number of hydrogen-bond acceptors (Lipinski definition) is 2. The van der Waals surface area contributed by atoms with Gasteiger partial charge in [-0.05, 0) is 41.8 Å². The van der Waals surface area contributed by atoms with Crippen molar-refractivity contribution in [3.8, 4) is 11.1 Å². The molecule has 0 aliphatic heterocycles. The van der Waals surface area contributed by atoms with E-state index in [9.17, 15) is 18.0 Å². The summed E-state index contributed by atoms with van der Waals surface area (Å²) in [5.41, 5.74) is 1.68. The van der Waals surface area contributed by atoms with Crippen LogP contribution in [0.25, 0.3) is 16.8 Å². The lowest BCUT2D eigenvalue weighted by atomic mass is 10.0. The van der Waals surface area contributed by atoms with Gasteiger partial charge in [0.2, 0.25) is 0 Å². The second kappa shape index (κ2) is 5.12. The topological polar surface area (TPSA) is 54.6 Å². The lowest BCUT2D eigenvalue weighted by Crippen LogP contribution is -2.04. The molecule has 0 radical (unpaired) electrons. The summed E-state index contributed by atoms with van der Waals surface area (Å²) in [4.78, 5) is 15.3. The van der Waals surface area contributed by atoms with Crippen LogP contribution in [-0.2, 0) is 6.18 Å². The molecule has 0 saturated heterocycles. The molecule has 0 saturated carbocycles. The van der Waals surface area contributed by atoms with Gasteiger partial charge < -0.3 is 5.11 Å². The smallest absolute Gasteiger partial charge is 0.416 e. The largest absolute Gasteiger partial charge is 0.477 e. The molecule has 1 N–H and O–H groups in total. The first-order chi connectivity index (χ1) is 10.8. The van der Waals surface area contributed by atoms with Crippen LogP contribution in [0.1, 0.15) is 21.6 Å². The molecule has 0 atom stereocenters. The molecule has 0 bridgehead atoms. The van der Waals surface area contributed by atoms with Gasteiger partial charge in [-0.15, -0.1) is 0 Å². The molecule has 3 aromatic rings. The Morgan fingerprint density at radius 2 is 1.83 bits per heavy atom. The van der Waals surface area contributed by atoms with E-state index in [-0.39, 0.29) is 5.69 Å². The summed E-state index contributed by atoms with van der Waals surface area (Å²) >= 11 is 0. The summed E-state index contributed by atoms with van der Waals surface area (Å²) in [6.45, 7) is 1.77. The number of hydrogen-bond donors (Lipinski definition) is 1. The minimum Gasteiger partial charge on any atom is -0.477 e. The van der Waals surface area contributed by atoms with E-state index in [0.29, 0.717) is 16.8 Å². The van der Waals surface area contributed by atoms with Gasteiger partial charge in [0.1, 0.15) is 5.65 Å². The van der Waals surface area contributed by atoms with E-state index in [0.717, 1.165) is 17.7 Å². The van der Waals surface area contributed by atoms with Crippen molar-refractivity contribution in [1.82, 2.24) is 9.38 Å². The van der Waals surface area contributed by atoms with Crippen LogP contribution in [0.3, 0.4) is 0 Å². The minimum absolute atomic E-state index is 0.00291. The second-order valence-electron chi connectivity index (χ2n) is 5.13. The fourth-order valence-corrected chi connectivity index (χ4v) is 2.43. The average Bonchev–Trinajstić information content (AvgIpc) is 2.91. The molecule has 3 rings (SSSR count). The molecular weight excluding hydrogens is 309 g/mol. The van der Waals surface area contributed by atoms with Crippen LogP contribution >= 0.6 is 0 Å². The van der Waals surface area contributed by atoms with Crippen molar-refractivity contribution in [3.63, 3.8) is 0 Å². The zero-order valence-corrected chi connectivity index (χ0v) is 11.9. The normalized spacial score (nSPS) is 11.8. The number of alkyl halides is 3. The third-order valence-electron chi connectivity index (χ3n) is 3.55. The number of aryl methyl sites for hydroxylation is 1. The monoisotopic (exact) mass is 320 g/mol. The number of carboxylic acid groups (broad SMARTS) is 1. The van der Waals surface area contributed by atoms with Crippen molar-refractivity contribution in [2.24, 2.45) is 0 Å². The lowest BCUT2D eigenvalue weighted by Gasteiger charge is -2.09. The minimum atomic E-state index is -4.39. The van der Waals surface area contributed by atoms with Gasteiger partial charge in [-0.2, -0.15) is 13.2 Å². The van der Waals surface area contributed by atoms with E-state index >= 15 is 0 Å². The van der Waals surface area contributed by atoms with Gasteiger partial charge in [0, 0.05) is 6.20 Å². The fraction of sp³-hybridized carbons (Fsp3) is 0.125. The molecule has 0 amide bonds. The van der Waals surface area contributed by atoms with Crippen molar-refractivity contribution in [2.75, 3.05) is 0 Å². The molecule has 118 valence electrons. The Morgan fingerprint density at radius 3 is 2.39 bits per heavy atom. The summed E-state index contributed by atoms with van der Waals surface area (Å²) < 4.78 is 39.3. The Balaban J connectivity index is 2.13. The number of aromatic carboxylic acids is 1. The quantitative estimate of drug-likeness (QED) is 0.776. The van der Waals surface area contributed by atoms with Gasteiger partial charge in [0.25, 0.3) is 0 Å². The summed E-state index contributed by atoms with van der Waals surface area (Å²) in [5.74, 6) is -1.12. The molecule has 0 aliphatic rings. The van der Waals surface area contributed by atoms with Gasteiger partial charge in [-0.1, -0.05) is 12.1 Å². The first kappa shape index (κ1) is 15.1. The molecule has 0 spiro atoms. The standard InChI is InChI=1S/C16H11F3N2O2/c1-9-6-11(8-21-13(15(22)23)7-20-14(9)21)10-2-4-12(5-3-10)16(17,18)19/h2-8H,1H3,(H,22,23). The van der Waals surface area contributed by atoms with Crippen molar-refractivity contribution in [3.05, 3.63) is 59.5 Å². The maximum absolute atomic E-state index is 12.6. The van der Waals surface area contributed by atoms with Crippen LogP contribution in [-0.4, -0.2) is 20.5 Å². The number of aromatic nitrogens is 2. The van der Waals surface area contributed by atoms with Crippen molar-refractivity contribution in [1.29, 1.82) is 0 Å². The number of carbonyl (C=O) groups is 1. The first-order valence-corrected chi connectivity index (χ1v) is 6.66. The number of pyridine rings is 1. The van der Waals surface area contributed by atoms with Gasteiger partial charge in [-0.3, -0.25) is 4.40 Å². The molecule has 0 fully saturated rings. The molecule has 2 heterocycles. The van der Waals surface area contributed by atoms with Crippen LogP contribution in [0, 0.1) is 6.92 Å².